The first kappa shape index (κ1) is 17.2. The van der Waals surface area contributed by atoms with E-state index in [1.165, 1.54) is 18.2 Å². The van der Waals surface area contributed by atoms with Crippen LogP contribution in [0.5, 0.6) is 5.75 Å². The Hall–Kier alpha value is -1.68. The van der Waals surface area contributed by atoms with E-state index in [2.05, 4.69) is 37.2 Å². The van der Waals surface area contributed by atoms with Crippen LogP contribution in [0.25, 0.3) is 11.6 Å². The minimum atomic E-state index is -3.87. The van der Waals surface area contributed by atoms with E-state index in [1.54, 1.807) is 18.2 Å². The van der Waals surface area contributed by atoms with Crippen molar-refractivity contribution in [1.29, 1.82) is 0 Å². The minimum absolute atomic E-state index is 0.0462. The highest BCUT2D eigenvalue weighted by Crippen LogP contribution is 2.37. The molecule has 1 aliphatic rings. The largest absolute Gasteiger partial charge is 0.506 e. The molecule has 9 heteroatoms. The van der Waals surface area contributed by atoms with E-state index in [9.17, 15) is 18.3 Å². The van der Waals surface area contributed by atoms with Crippen molar-refractivity contribution in [3.8, 4) is 5.75 Å². The molecule has 0 aliphatic carbocycles. The highest BCUT2D eigenvalue weighted by molar-refractivity contribution is 9.11. The summed E-state index contributed by atoms with van der Waals surface area (Å²) in [5.74, 6) is -0.304. The Kier molecular flexibility index (Phi) is 4.28. The van der Waals surface area contributed by atoms with Crippen molar-refractivity contribution in [3.63, 3.8) is 0 Å². The first-order valence-electron chi connectivity index (χ1n) is 6.55. The molecule has 24 heavy (non-hydrogen) atoms. The molecule has 6 nitrogen and oxygen atoms in total. The maximum absolute atomic E-state index is 12.2. The molecule has 3 rings (SSSR count). The molecular weight excluding hydrogens is 464 g/mol. The number of rotatable bonds is 2. The van der Waals surface area contributed by atoms with Crippen molar-refractivity contribution < 1.29 is 18.3 Å². The number of hydrogen-bond acceptors (Lipinski definition) is 4. The Labute approximate surface area is 154 Å². The van der Waals surface area contributed by atoms with Crippen LogP contribution in [0.3, 0.4) is 0 Å². The highest BCUT2D eigenvalue weighted by atomic mass is 79.9. The summed E-state index contributed by atoms with van der Waals surface area (Å²) in [6, 6.07) is 7.48. The molecule has 0 saturated carbocycles. The molecule has 1 amide bonds. The van der Waals surface area contributed by atoms with E-state index in [0.29, 0.717) is 31.3 Å². The molecule has 2 aromatic rings. The SMILES string of the molecule is NS(=O)(=O)c1ccc2c(c1)/C(=C/c1cc(Br)c(O)c(Br)c1)C(=O)N2. The molecule has 4 N–H and O–H groups in total. The molecule has 0 fully saturated rings. The van der Waals surface area contributed by atoms with Crippen molar-refractivity contribution in [2.24, 2.45) is 5.14 Å². The Morgan fingerprint density at radius 1 is 1.12 bits per heavy atom. The van der Waals surface area contributed by atoms with E-state index in [4.69, 9.17) is 5.14 Å². The number of aromatic hydroxyl groups is 1. The topological polar surface area (TPSA) is 109 Å². The lowest BCUT2D eigenvalue weighted by Gasteiger charge is -2.05. The smallest absolute Gasteiger partial charge is 0.256 e. The standard InChI is InChI=1S/C15H10Br2N2O4S/c16-11-4-7(5-12(17)14(11)20)3-10-9-6-8(24(18,22)23)1-2-13(9)19-15(10)21/h1-6,20H,(H,19,21)(H2,18,22,23)/b10-3-. The predicted molar refractivity (Wildman–Crippen MR) is 97.8 cm³/mol. The number of sulfonamides is 1. The summed E-state index contributed by atoms with van der Waals surface area (Å²) in [6.45, 7) is 0. The van der Waals surface area contributed by atoms with Gasteiger partial charge in [0.25, 0.3) is 5.91 Å². The number of amides is 1. The second-order valence-corrected chi connectivity index (χ2v) is 8.37. The number of fused-ring (bicyclic) bond motifs is 1. The molecule has 124 valence electrons. The van der Waals surface area contributed by atoms with Gasteiger partial charge in [-0.15, -0.1) is 0 Å². The molecular formula is C15H10Br2N2O4S. The van der Waals surface area contributed by atoms with Crippen LogP contribution in [0.15, 0.2) is 44.2 Å². The fraction of sp³-hybridized carbons (Fsp3) is 0. The number of anilines is 1. The number of carbonyl (C=O) groups excluding carboxylic acids is 1. The van der Waals surface area contributed by atoms with Crippen molar-refractivity contribution in [1.82, 2.24) is 0 Å². The third-order valence-electron chi connectivity index (χ3n) is 3.45. The van der Waals surface area contributed by atoms with E-state index in [-0.39, 0.29) is 16.6 Å². The van der Waals surface area contributed by atoms with Gasteiger partial charge in [-0.25, -0.2) is 13.6 Å². The molecule has 1 heterocycles. The predicted octanol–water partition coefficient (Wildman–Crippen LogP) is 3.06. The fourth-order valence-electron chi connectivity index (χ4n) is 2.32. The molecule has 1 aliphatic heterocycles. The number of halogens is 2. The van der Waals surface area contributed by atoms with Crippen LogP contribution in [-0.4, -0.2) is 19.4 Å². The van der Waals surface area contributed by atoms with Crippen molar-refractivity contribution in [2.45, 2.75) is 4.90 Å². The summed E-state index contributed by atoms with van der Waals surface area (Å²) in [7, 11) is -3.87. The Bertz CT molecular complexity index is 993. The lowest BCUT2D eigenvalue weighted by molar-refractivity contribution is -0.110. The fourth-order valence-corrected chi connectivity index (χ4v) is 4.08. The highest BCUT2D eigenvalue weighted by Gasteiger charge is 2.26. The number of hydrogen-bond donors (Lipinski definition) is 3. The van der Waals surface area contributed by atoms with Crippen molar-refractivity contribution >= 4 is 65.1 Å². The third kappa shape index (κ3) is 3.12. The Morgan fingerprint density at radius 3 is 2.33 bits per heavy atom. The summed E-state index contributed by atoms with van der Waals surface area (Å²) >= 11 is 6.45. The zero-order valence-corrected chi connectivity index (χ0v) is 15.9. The second kappa shape index (κ2) is 5.99. The number of phenols is 1. The van der Waals surface area contributed by atoms with E-state index in [1.807, 2.05) is 0 Å². The van der Waals surface area contributed by atoms with Crippen LogP contribution in [-0.2, 0) is 14.8 Å². The molecule has 0 bridgehead atoms. The van der Waals surface area contributed by atoms with Crippen molar-refractivity contribution in [2.75, 3.05) is 5.32 Å². The van der Waals surface area contributed by atoms with Crippen LogP contribution < -0.4 is 10.5 Å². The number of primary sulfonamides is 1. The first-order chi connectivity index (χ1) is 11.2. The maximum Gasteiger partial charge on any atom is 0.256 e. The van der Waals surface area contributed by atoms with Gasteiger partial charge in [0, 0.05) is 16.8 Å². The van der Waals surface area contributed by atoms with Gasteiger partial charge in [0.2, 0.25) is 10.0 Å². The van der Waals surface area contributed by atoms with Crippen LogP contribution >= 0.6 is 31.9 Å². The van der Waals surface area contributed by atoms with Crippen LogP contribution in [0.1, 0.15) is 11.1 Å². The van der Waals surface area contributed by atoms with Gasteiger partial charge >= 0.3 is 0 Å². The third-order valence-corrected chi connectivity index (χ3v) is 5.57. The normalized spacial score (nSPS) is 15.5. The molecule has 0 spiro atoms. The average Bonchev–Trinajstić information content (AvgIpc) is 2.79. The van der Waals surface area contributed by atoms with Gasteiger partial charge in [-0.1, -0.05) is 0 Å². The Morgan fingerprint density at radius 2 is 1.75 bits per heavy atom. The lowest BCUT2D eigenvalue weighted by Crippen LogP contribution is -2.12. The number of benzene rings is 2. The Balaban J connectivity index is 2.16. The van der Waals surface area contributed by atoms with Gasteiger partial charge in [-0.3, -0.25) is 4.79 Å². The van der Waals surface area contributed by atoms with Crippen LogP contribution in [0, 0.1) is 0 Å². The maximum atomic E-state index is 12.2. The van der Waals surface area contributed by atoms with Gasteiger partial charge in [-0.05, 0) is 73.8 Å². The average molecular weight is 474 g/mol. The van der Waals surface area contributed by atoms with E-state index >= 15 is 0 Å². The van der Waals surface area contributed by atoms with Gasteiger partial charge < -0.3 is 10.4 Å². The van der Waals surface area contributed by atoms with Gasteiger partial charge in [-0.2, -0.15) is 0 Å². The monoisotopic (exact) mass is 472 g/mol. The summed E-state index contributed by atoms with van der Waals surface area (Å²) in [5.41, 5.74) is 1.91. The summed E-state index contributed by atoms with van der Waals surface area (Å²) in [4.78, 5) is 12.1. The molecule has 0 unspecified atom stereocenters. The number of carbonyl (C=O) groups is 1. The second-order valence-electron chi connectivity index (χ2n) is 5.10. The first-order valence-corrected chi connectivity index (χ1v) is 9.68. The zero-order chi connectivity index (χ0) is 17.6. The zero-order valence-electron chi connectivity index (χ0n) is 11.9. The quantitative estimate of drug-likeness (QED) is 0.582. The molecule has 0 atom stereocenters. The van der Waals surface area contributed by atoms with Gasteiger partial charge in [0.1, 0.15) is 5.75 Å². The van der Waals surface area contributed by atoms with E-state index < -0.39 is 10.0 Å². The summed E-state index contributed by atoms with van der Waals surface area (Å²) in [5, 5.41) is 17.6. The van der Waals surface area contributed by atoms with Gasteiger partial charge in [0.15, 0.2) is 0 Å². The van der Waals surface area contributed by atoms with Crippen LogP contribution in [0.4, 0.5) is 5.69 Å². The molecule has 0 aromatic heterocycles. The minimum Gasteiger partial charge on any atom is -0.506 e. The summed E-state index contributed by atoms with van der Waals surface area (Å²) in [6.07, 6.45) is 1.60. The lowest BCUT2D eigenvalue weighted by atomic mass is 10.0. The summed E-state index contributed by atoms with van der Waals surface area (Å²) < 4.78 is 24.0. The number of phenolic OH excluding ortho intramolecular Hbond substituents is 1. The molecule has 0 saturated heterocycles. The number of nitrogens with two attached hydrogens (primary N) is 1. The number of nitrogens with one attached hydrogen (secondary N) is 1. The van der Waals surface area contributed by atoms with Gasteiger partial charge in [0.05, 0.1) is 13.8 Å². The molecule has 2 aromatic carbocycles. The van der Waals surface area contributed by atoms with Crippen molar-refractivity contribution in [3.05, 3.63) is 50.4 Å². The van der Waals surface area contributed by atoms with E-state index in [0.717, 1.165) is 0 Å². The molecule has 0 radical (unpaired) electrons. The van der Waals surface area contributed by atoms with Crippen LogP contribution in [0.2, 0.25) is 0 Å².